The van der Waals surface area contributed by atoms with Crippen LogP contribution < -0.4 is 5.32 Å². The molecule has 2 atom stereocenters. The molecule has 0 radical (unpaired) electrons. The van der Waals surface area contributed by atoms with Crippen molar-refractivity contribution >= 4 is 17.8 Å². The molecule has 1 aliphatic heterocycles. The van der Waals surface area contributed by atoms with Crippen molar-refractivity contribution in [3.05, 3.63) is 0 Å². The van der Waals surface area contributed by atoms with E-state index in [-0.39, 0.29) is 17.7 Å². The number of hydrogen-bond acceptors (Lipinski definition) is 4. The molecular formula is C14H25N3O4. The third kappa shape index (κ3) is 4.70. The van der Waals surface area contributed by atoms with Gasteiger partial charge in [0.1, 0.15) is 12.1 Å². The number of amides is 2. The Hall–Kier alpha value is -1.63. The fourth-order valence-corrected chi connectivity index (χ4v) is 2.42. The zero-order valence-electron chi connectivity index (χ0n) is 13.1. The van der Waals surface area contributed by atoms with Gasteiger partial charge in [-0.25, -0.2) is 0 Å². The lowest BCUT2D eigenvalue weighted by atomic mass is 10.0. The highest BCUT2D eigenvalue weighted by molar-refractivity contribution is 5.87. The van der Waals surface area contributed by atoms with E-state index < -0.39 is 18.1 Å². The summed E-state index contributed by atoms with van der Waals surface area (Å²) >= 11 is 0. The van der Waals surface area contributed by atoms with Crippen molar-refractivity contribution in [2.45, 2.75) is 39.8 Å². The largest absolute Gasteiger partial charge is 0.480 e. The number of nitrogens with one attached hydrogen (secondary N) is 1. The molecule has 1 fully saturated rings. The number of carboxylic acid groups (broad SMARTS) is 1. The molecular weight excluding hydrogens is 274 g/mol. The van der Waals surface area contributed by atoms with Crippen molar-refractivity contribution < 1.29 is 19.5 Å². The van der Waals surface area contributed by atoms with Crippen molar-refractivity contribution in [1.82, 2.24) is 15.1 Å². The molecule has 1 saturated heterocycles. The molecule has 2 N–H and O–H groups in total. The molecule has 0 spiro atoms. The molecule has 21 heavy (non-hydrogen) atoms. The van der Waals surface area contributed by atoms with Crippen LogP contribution >= 0.6 is 0 Å². The summed E-state index contributed by atoms with van der Waals surface area (Å²) in [7, 11) is 0. The normalized spacial score (nSPS) is 19.2. The summed E-state index contributed by atoms with van der Waals surface area (Å²) in [6.45, 7) is 8.86. The van der Waals surface area contributed by atoms with Crippen molar-refractivity contribution in [2.75, 3.05) is 26.2 Å². The third-order valence-electron chi connectivity index (χ3n) is 3.82. The second-order valence-corrected chi connectivity index (χ2v) is 5.80. The SMILES string of the molecule is CC(=O)NC(C(=O)N1CCN(C(C)C(=O)O)CC1)C(C)C. The summed E-state index contributed by atoms with van der Waals surface area (Å²) in [6.07, 6.45) is 0. The summed E-state index contributed by atoms with van der Waals surface area (Å²) in [4.78, 5) is 38.2. The second-order valence-electron chi connectivity index (χ2n) is 5.80. The van der Waals surface area contributed by atoms with E-state index in [0.29, 0.717) is 26.2 Å². The van der Waals surface area contributed by atoms with E-state index in [4.69, 9.17) is 5.11 Å². The van der Waals surface area contributed by atoms with Gasteiger partial charge in [0.2, 0.25) is 11.8 Å². The van der Waals surface area contributed by atoms with Crippen LogP contribution in [0, 0.1) is 5.92 Å². The summed E-state index contributed by atoms with van der Waals surface area (Å²) in [6, 6.07) is -1.07. The maximum atomic E-state index is 12.5. The van der Waals surface area contributed by atoms with E-state index in [1.54, 1.807) is 11.8 Å². The average Bonchev–Trinajstić information content (AvgIpc) is 2.42. The topological polar surface area (TPSA) is 90.0 Å². The number of rotatable bonds is 5. The van der Waals surface area contributed by atoms with Gasteiger partial charge in [0.15, 0.2) is 0 Å². The van der Waals surface area contributed by atoms with Crippen LogP contribution in [-0.4, -0.2) is 71.0 Å². The minimum Gasteiger partial charge on any atom is -0.480 e. The number of carboxylic acids is 1. The highest BCUT2D eigenvalue weighted by Crippen LogP contribution is 2.11. The van der Waals surface area contributed by atoms with Crippen LogP contribution in [-0.2, 0) is 14.4 Å². The zero-order chi connectivity index (χ0) is 16.2. The first-order valence-electron chi connectivity index (χ1n) is 7.26. The van der Waals surface area contributed by atoms with Gasteiger partial charge in [-0.3, -0.25) is 19.3 Å². The Morgan fingerprint density at radius 1 is 1.05 bits per heavy atom. The Morgan fingerprint density at radius 3 is 1.95 bits per heavy atom. The van der Waals surface area contributed by atoms with Crippen LogP contribution in [0.1, 0.15) is 27.7 Å². The highest BCUT2D eigenvalue weighted by Gasteiger charge is 2.32. The van der Waals surface area contributed by atoms with Crippen LogP contribution in [0.2, 0.25) is 0 Å². The average molecular weight is 299 g/mol. The number of carbonyl (C=O) groups is 3. The molecule has 0 aromatic carbocycles. The van der Waals surface area contributed by atoms with Crippen LogP contribution in [0.3, 0.4) is 0 Å². The van der Waals surface area contributed by atoms with Gasteiger partial charge in [0.05, 0.1) is 0 Å². The Morgan fingerprint density at radius 2 is 1.57 bits per heavy atom. The maximum Gasteiger partial charge on any atom is 0.320 e. The first-order chi connectivity index (χ1) is 9.73. The van der Waals surface area contributed by atoms with Gasteiger partial charge in [0.25, 0.3) is 0 Å². The Labute approximate surface area is 125 Å². The van der Waals surface area contributed by atoms with Crippen molar-refractivity contribution in [3.63, 3.8) is 0 Å². The van der Waals surface area contributed by atoms with E-state index in [1.807, 2.05) is 18.7 Å². The molecule has 0 bridgehead atoms. The van der Waals surface area contributed by atoms with E-state index in [9.17, 15) is 14.4 Å². The molecule has 2 amide bonds. The van der Waals surface area contributed by atoms with E-state index >= 15 is 0 Å². The van der Waals surface area contributed by atoms with Crippen LogP contribution in [0.4, 0.5) is 0 Å². The summed E-state index contributed by atoms with van der Waals surface area (Å²) in [5.74, 6) is -1.16. The van der Waals surface area contributed by atoms with Crippen LogP contribution in [0.25, 0.3) is 0 Å². The second kappa shape index (κ2) is 7.40. The predicted molar refractivity (Wildman–Crippen MR) is 77.7 cm³/mol. The van der Waals surface area contributed by atoms with Crippen LogP contribution in [0.5, 0.6) is 0 Å². The number of carbonyl (C=O) groups excluding carboxylic acids is 2. The van der Waals surface area contributed by atoms with Gasteiger partial charge in [-0.2, -0.15) is 0 Å². The van der Waals surface area contributed by atoms with Crippen molar-refractivity contribution in [1.29, 1.82) is 0 Å². The first-order valence-corrected chi connectivity index (χ1v) is 7.26. The van der Waals surface area contributed by atoms with Gasteiger partial charge in [0, 0.05) is 33.1 Å². The molecule has 1 heterocycles. The monoisotopic (exact) mass is 299 g/mol. The maximum absolute atomic E-state index is 12.5. The highest BCUT2D eigenvalue weighted by atomic mass is 16.4. The number of piperazine rings is 1. The number of nitrogens with zero attached hydrogens (tertiary/aromatic N) is 2. The van der Waals surface area contributed by atoms with Gasteiger partial charge >= 0.3 is 5.97 Å². The fraction of sp³-hybridized carbons (Fsp3) is 0.786. The number of aliphatic carboxylic acids is 1. The summed E-state index contributed by atoms with van der Waals surface area (Å²) < 4.78 is 0. The summed E-state index contributed by atoms with van der Waals surface area (Å²) in [5.41, 5.74) is 0. The lowest BCUT2D eigenvalue weighted by Crippen LogP contribution is -2.58. The van der Waals surface area contributed by atoms with E-state index in [0.717, 1.165) is 0 Å². The quantitative estimate of drug-likeness (QED) is 0.731. The molecule has 120 valence electrons. The standard InChI is InChI=1S/C14H25N3O4/c1-9(2)12(15-11(4)18)13(19)17-7-5-16(6-8-17)10(3)14(20)21/h9-10,12H,5-8H2,1-4H3,(H,15,18)(H,20,21). The molecule has 0 aliphatic carbocycles. The Kier molecular flexibility index (Phi) is 6.14. The zero-order valence-corrected chi connectivity index (χ0v) is 13.1. The first kappa shape index (κ1) is 17.4. The van der Waals surface area contributed by atoms with Gasteiger partial charge in [-0.15, -0.1) is 0 Å². The Balaban J connectivity index is 2.61. The Bertz CT molecular complexity index is 403. The van der Waals surface area contributed by atoms with Gasteiger partial charge in [-0.05, 0) is 12.8 Å². The molecule has 7 heteroatoms. The molecule has 0 saturated carbocycles. The molecule has 7 nitrogen and oxygen atoms in total. The molecule has 2 unspecified atom stereocenters. The number of hydrogen-bond donors (Lipinski definition) is 2. The minimum atomic E-state index is -0.854. The van der Waals surface area contributed by atoms with E-state index in [2.05, 4.69) is 5.32 Å². The van der Waals surface area contributed by atoms with Crippen LogP contribution in [0.15, 0.2) is 0 Å². The third-order valence-corrected chi connectivity index (χ3v) is 3.82. The lowest BCUT2D eigenvalue weighted by Gasteiger charge is -2.38. The van der Waals surface area contributed by atoms with Crippen molar-refractivity contribution in [2.24, 2.45) is 5.92 Å². The van der Waals surface area contributed by atoms with Crippen molar-refractivity contribution in [3.8, 4) is 0 Å². The van der Waals surface area contributed by atoms with E-state index in [1.165, 1.54) is 6.92 Å². The summed E-state index contributed by atoms with van der Waals surface area (Å²) in [5, 5.41) is 11.7. The van der Waals surface area contributed by atoms with Gasteiger partial charge < -0.3 is 15.3 Å². The van der Waals surface area contributed by atoms with Gasteiger partial charge in [-0.1, -0.05) is 13.8 Å². The predicted octanol–water partition coefficient (Wildman–Crippen LogP) is -0.236. The fourth-order valence-electron chi connectivity index (χ4n) is 2.42. The molecule has 0 aromatic heterocycles. The smallest absolute Gasteiger partial charge is 0.320 e. The molecule has 0 aromatic rings. The molecule has 1 rings (SSSR count). The minimum absolute atomic E-state index is 0.0115. The molecule has 1 aliphatic rings. The lowest BCUT2D eigenvalue weighted by molar-refractivity contribution is -0.145.